The van der Waals surface area contributed by atoms with E-state index in [1.165, 1.54) is 19.6 Å². The van der Waals surface area contributed by atoms with Crippen molar-refractivity contribution in [1.82, 2.24) is 15.0 Å². The molecule has 104 valence electrons. The summed E-state index contributed by atoms with van der Waals surface area (Å²) in [5, 5.41) is 11.5. The van der Waals surface area contributed by atoms with Crippen LogP contribution in [0, 0.1) is 0 Å². The van der Waals surface area contributed by atoms with E-state index in [1.54, 1.807) is 0 Å². The van der Waals surface area contributed by atoms with Crippen LogP contribution in [-0.2, 0) is 11.3 Å². The molecule has 0 unspecified atom stereocenters. The predicted molar refractivity (Wildman–Crippen MR) is 64.2 cm³/mol. The van der Waals surface area contributed by atoms with Gasteiger partial charge in [-0.25, -0.2) is 24.5 Å². The maximum Gasteiger partial charge on any atom is 0.360 e. The number of carboxylic acid groups (broad SMARTS) is 1. The van der Waals surface area contributed by atoms with Crippen molar-refractivity contribution >= 4 is 17.8 Å². The second-order valence-electron chi connectivity index (χ2n) is 3.56. The zero-order valence-electron chi connectivity index (χ0n) is 10.4. The van der Waals surface area contributed by atoms with Gasteiger partial charge in [0, 0.05) is 0 Å². The number of oxazole rings is 1. The Labute approximate surface area is 112 Å². The number of aromatic nitrogens is 3. The van der Waals surface area contributed by atoms with Gasteiger partial charge in [0.2, 0.25) is 5.89 Å². The topological polar surface area (TPSA) is 127 Å². The van der Waals surface area contributed by atoms with Gasteiger partial charge in [0.15, 0.2) is 11.4 Å². The van der Waals surface area contributed by atoms with E-state index in [0.717, 1.165) is 6.20 Å². The van der Waals surface area contributed by atoms with Crippen LogP contribution in [0.4, 0.5) is 5.82 Å². The van der Waals surface area contributed by atoms with E-state index in [0.29, 0.717) is 5.82 Å². The number of hydrogen-bond acceptors (Lipinski definition) is 8. The van der Waals surface area contributed by atoms with E-state index in [9.17, 15) is 9.59 Å². The largest absolute Gasteiger partial charge is 0.476 e. The molecule has 0 aliphatic carbocycles. The number of ether oxygens (including phenoxy) is 1. The quantitative estimate of drug-likeness (QED) is 0.754. The molecular weight excluding hydrogens is 268 g/mol. The Hall–Kier alpha value is -2.97. The van der Waals surface area contributed by atoms with Gasteiger partial charge in [-0.3, -0.25) is 0 Å². The summed E-state index contributed by atoms with van der Waals surface area (Å²) in [5.74, 6) is -1.13. The zero-order valence-corrected chi connectivity index (χ0v) is 10.4. The standard InChI is InChI=1S/C11H10N4O5/c1-19-11(18)7-5-20-9(15-7)4-14-8-3-12-6(2-13-8)10(16)17/h2-3,5H,4H2,1H3,(H,13,14)(H,16,17). The van der Waals surface area contributed by atoms with Crippen molar-refractivity contribution in [3.05, 3.63) is 35.9 Å². The number of nitrogens with one attached hydrogen (secondary N) is 1. The number of nitrogens with zero attached hydrogens (tertiary/aromatic N) is 3. The van der Waals surface area contributed by atoms with E-state index in [-0.39, 0.29) is 23.8 Å². The van der Waals surface area contributed by atoms with Crippen LogP contribution < -0.4 is 5.32 Å². The summed E-state index contributed by atoms with van der Waals surface area (Å²) in [6.07, 6.45) is 3.58. The molecule has 2 heterocycles. The molecule has 0 saturated heterocycles. The van der Waals surface area contributed by atoms with Crippen LogP contribution in [0.25, 0.3) is 0 Å². The minimum Gasteiger partial charge on any atom is -0.476 e. The Morgan fingerprint density at radius 1 is 1.35 bits per heavy atom. The minimum absolute atomic E-state index is 0.0663. The van der Waals surface area contributed by atoms with Crippen LogP contribution in [-0.4, -0.2) is 39.1 Å². The maximum absolute atomic E-state index is 11.2. The minimum atomic E-state index is -1.15. The van der Waals surface area contributed by atoms with Crippen molar-refractivity contribution in [3.8, 4) is 0 Å². The first-order valence-electron chi connectivity index (χ1n) is 5.42. The van der Waals surface area contributed by atoms with E-state index in [4.69, 9.17) is 9.52 Å². The molecule has 2 rings (SSSR count). The van der Waals surface area contributed by atoms with E-state index in [1.807, 2.05) is 0 Å². The maximum atomic E-state index is 11.2. The van der Waals surface area contributed by atoms with Gasteiger partial charge in [0.1, 0.15) is 12.1 Å². The Morgan fingerprint density at radius 2 is 2.15 bits per heavy atom. The average molecular weight is 278 g/mol. The van der Waals surface area contributed by atoms with Gasteiger partial charge in [0.05, 0.1) is 26.0 Å². The lowest BCUT2D eigenvalue weighted by Gasteiger charge is -2.01. The third-order valence-corrected chi connectivity index (χ3v) is 2.24. The number of aromatic carboxylic acids is 1. The summed E-state index contributed by atoms with van der Waals surface area (Å²) in [4.78, 5) is 33.2. The summed E-state index contributed by atoms with van der Waals surface area (Å²) in [6.45, 7) is 0.165. The number of carbonyl (C=O) groups is 2. The van der Waals surface area contributed by atoms with E-state index < -0.39 is 11.9 Å². The lowest BCUT2D eigenvalue weighted by molar-refractivity contribution is 0.0593. The number of rotatable bonds is 5. The van der Waals surface area contributed by atoms with Gasteiger partial charge in [0.25, 0.3) is 0 Å². The molecule has 20 heavy (non-hydrogen) atoms. The second-order valence-corrected chi connectivity index (χ2v) is 3.56. The molecule has 0 aliphatic rings. The molecule has 0 aliphatic heterocycles. The SMILES string of the molecule is COC(=O)c1coc(CNc2cnc(C(=O)O)cn2)n1. The van der Waals surface area contributed by atoms with Crippen molar-refractivity contribution < 1.29 is 23.8 Å². The summed E-state index contributed by atoms with van der Waals surface area (Å²) in [5.41, 5.74) is -0.0868. The summed E-state index contributed by atoms with van der Waals surface area (Å²) in [7, 11) is 1.24. The van der Waals surface area contributed by atoms with Gasteiger partial charge in [-0.2, -0.15) is 0 Å². The molecule has 0 radical (unpaired) electrons. The lowest BCUT2D eigenvalue weighted by Crippen LogP contribution is -2.06. The monoisotopic (exact) mass is 278 g/mol. The Bertz CT molecular complexity index is 622. The molecule has 9 heteroatoms. The Balaban J connectivity index is 1.96. The highest BCUT2D eigenvalue weighted by Crippen LogP contribution is 2.07. The number of esters is 1. The van der Waals surface area contributed by atoms with Gasteiger partial charge in [-0.15, -0.1) is 0 Å². The second kappa shape index (κ2) is 5.78. The number of anilines is 1. The molecule has 0 amide bonds. The number of carboxylic acids is 1. The van der Waals surface area contributed by atoms with Crippen molar-refractivity contribution in [1.29, 1.82) is 0 Å². The molecule has 2 aromatic rings. The molecule has 2 N–H and O–H groups in total. The van der Waals surface area contributed by atoms with Crippen molar-refractivity contribution in [2.24, 2.45) is 0 Å². The van der Waals surface area contributed by atoms with Crippen LogP contribution in [0.2, 0.25) is 0 Å². The fourth-order valence-corrected chi connectivity index (χ4v) is 1.29. The normalized spacial score (nSPS) is 10.1. The number of hydrogen-bond donors (Lipinski definition) is 2. The van der Waals surface area contributed by atoms with Gasteiger partial charge in [-0.05, 0) is 0 Å². The molecule has 0 fully saturated rings. The highest BCUT2D eigenvalue weighted by atomic mass is 16.5. The lowest BCUT2D eigenvalue weighted by atomic mass is 10.4. The molecule has 0 bridgehead atoms. The number of carbonyl (C=O) groups excluding carboxylic acids is 1. The van der Waals surface area contributed by atoms with Crippen LogP contribution in [0.1, 0.15) is 26.9 Å². The molecule has 2 aromatic heterocycles. The van der Waals surface area contributed by atoms with Gasteiger partial charge >= 0.3 is 11.9 Å². The molecule has 0 spiro atoms. The highest BCUT2D eigenvalue weighted by Gasteiger charge is 2.12. The smallest absolute Gasteiger partial charge is 0.360 e. The van der Waals surface area contributed by atoms with Crippen LogP contribution >= 0.6 is 0 Å². The zero-order chi connectivity index (χ0) is 14.5. The first-order chi connectivity index (χ1) is 9.60. The van der Waals surface area contributed by atoms with Crippen LogP contribution in [0.3, 0.4) is 0 Å². The van der Waals surface area contributed by atoms with Crippen LogP contribution in [0.5, 0.6) is 0 Å². The molecule has 9 nitrogen and oxygen atoms in total. The summed E-state index contributed by atoms with van der Waals surface area (Å²) < 4.78 is 9.54. The fraction of sp³-hybridized carbons (Fsp3) is 0.182. The van der Waals surface area contributed by atoms with Crippen molar-refractivity contribution in [2.75, 3.05) is 12.4 Å². The third kappa shape index (κ3) is 3.07. The summed E-state index contributed by atoms with van der Waals surface area (Å²) in [6, 6.07) is 0. The third-order valence-electron chi connectivity index (χ3n) is 2.24. The molecular formula is C11H10N4O5. The van der Waals surface area contributed by atoms with Crippen molar-refractivity contribution in [3.63, 3.8) is 0 Å². The first kappa shape index (κ1) is 13.5. The van der Waals surface area contributed by atoms with E-state index in [2.05, 4.69) is 25.0 Å². The molecule has 0 atom stereocenters. The van der Waals surface area contributed by atoms with Crippen LogP contribution in [0.15, 0.2) is 23.1 Å². The Kier molecular flexibility index (Phi) is 3.89. The highest BCUT2D eigenvalue weighted by molar-refractivity contribution is 5.86. The summed E-state index contributed by atoms with van der Waals surface area (Å²) >= 11 is 0. The van der Waals surface area contributed by atoms with Crippen molar-refractivity contribution in [2.45, 2.75) is 6.54 Å². The first-order valence-corrected chi connectivity index (χ1v) is 5.42. The van der Waals surface area contributed by atoms with E-state index >= 15 is 0 Å². The number of methoxy groups -OCH3 is 1. The fourth-order valence-electron chi connectivity index (χ4n) is 1.29. The predicted octanol–water partition coefficient (Wildman–Crippen LogP) is 0.561. The average Bonchev–Trinajstić information content (AvgIpc) is 2.93. The Morgan fingerprint density at radius 3 is 2.75 bits per heavy atom. The molecule has 0 aromatic carbocycles. The molecule has 0 saturated carbocycles. The van der Waals surface area contributed by atoms with Gasteiger partial charge < -0.3 is 19.6 Å². The van der Waals surface area contributed by atoms with Gasteiger partial charge in [-0.1, -0.05) is 0 Å².